The fourth-order valence-corrected chi connectivity index (χ4v) is 3.31. The van der Waals surface area contributed by atoms with E-state index in [9.17, 15) is 0 Å². The van der Waals surface area contributed by atoms with E-state index in [1.54, 1.807) is 11.3 Å². The number of aromatic nitrogens is 2. The van der Waals surface area contributed by atoms with Crippen molar-refractivity contribution in [3.05, 3.63) is 58.3 Å². The van der Waals surface area contributed by atoms with E-state index in [0.717, 1.165) is 29.7 Å². The minimum Gasteiger partial charge on any atom is -0.334 e. The summed E-state index contributed by atoms with van der Waals surface area (Å²) in [4.78, 5) is 5.63. The highest BCUT2D eigenvalue weighted by molar-refractivity contribution is 7.13. The minimum absolute atomic E-state index is 0.598. The van der Waals surface area contributed by atoms with Gasteiger partial charge in [0.1, 0.15) is 0 Å². The molecule has 0 saturated heterocycles. The summed E-state index contributed by atoms with van der Waals surface area (Å²) in [7, 11) is 0. The van der Waals surface area contributed by atoms with Crippen LogP contribution in [-0.4, -0.2) is 16.7 Å². The summed E-state index contributed by atoms with van der Waals surface area (Å²) < 4.78 is 5.57. The lowest BCUT2D eigenvalue weighted by Crippen LogP contribution is -1.98. The molecule has 0 aliphatic carbocycles. The zero-order valence-corrected chi connectivity index (χ0v) is 15.5. The third kappa shape index (κ3) is 4.44. The van der Waals surface area contributed by atoms with Gasteiger partial charge in [-0.15, -0.1) is 11.3 Å². The molecule has 2 N–H and O–H groups in total. The third-order valence-corrected chi connectivity index (χ3v) is 4.97. The Labute approximate surface area is 152 Å². The molecule has 0 radical (unpaired) electrons. The van der Waals surface area contributed by atoms with Crippen LogP contribution in [0.4, 0.5) is 0 Å². The Bertz CT molecular complexity index is 850. The van der Waals surface area contributed by atoms with Gasteiger partial charge in [0, 0.05) is 5.57 Å². The van der Waals surface area contributed by atoms with Crippen LogP contribution in [0.1, 0.15) is 41.8 Å². The van der Waals surface area contributed by atoms with Crippen molar-refractivity contribution in [1.82, 2.24) is 10.1 Å². The second-order valence-electron chi connectivity index (χ2n) is 6.18. The SMILES string of the molecule is Cc1ccc(C)c(/C=C(\CCCCN)c2nc(-c3cccs3)no2)c1. The number of unbranched alkanes of at least 4 members (excludes halogenated alkanes) is 1. The van der Waals surface area contributed by atoms with Gasteiger partial charge in [0.05, 0.1) is 4.88 Å². The number of hydrogen-bond donors (Lipinski definition) is 1. The molecule has 5 heteroatoms. The zero-order chi connectivity index (χ0) is 17.6. The second-order valence-corrected chi connectivity index (χ2v) is 7.12. The standard InChI is InChI=1S/C20H23N3OS/c1-14-8-9-15(2)17(12-14)13-16(6-3-4-10-21)20-22-19(23-24-20)18-7-5-11-25-18/h5,7-9,11-13H,3-4,6,10,21H2,1-2H3/b16-13+. The van der Waals surface area contributed by atoms with Crippen LogP contribution in [0.3, 0.4) is 0 Å². The molecule has 0 saturated carbocycles. The maximum atomic E-state index is 5.65. The lowest BCUT2D eigenvalue weighted by Gasteiger charge is -2.06. The van der Waals surface area contributed by atoms with Crippen LogP contribution >= 0.6 is 11.3 Å². The molecule has 0 aliphatic rings. The third-order valence-electron chi connectivity index (χ3n) is 4.11. The van der Waals surface area contributed by atoms with Gasteiger partial charge in [0.25, 0.3) is 5.89 Å². The van der Waals surface area contributed by atoms with Crippen LogP contribution in [0.2, 0.25) is 0 Å². The highest BCUT2D eigenvalue weighted by atomic mass is 32.1. The molecule has 1 aromatic carbocycles. The van der Waals surface area contributed by atoms with Crippen molar-refractivity contribution in [2.75, 3.05) is 6.54 Å². The predicted molar refractivity (Wildman–Crippen MR) is 104 cm³/mol. The quantitative estimate of drug-likeness (QED) is 0.601. The van der Waals surface area contributed by atoms with Gasteiger partial charge in [-0.25, -0.2) is 0 Å². The van der Waals surface area contributed by atoms with Gasteiger partial charge in [-0.3, -0.25) is 0 Å². The number of thiophene rings is 1. The molecule has 0 unspecified atom stereocenters. The van der Waals surface area contributed by atoms with E-state index in [2.05, 4.69) is 48.3 Å². The molecule has 3 rings (SSSR count). The van der Waals surface area contributed by atoms with Crippen LogP contribution in [-0.2, 0) is 0 Å². The lowest BCUT2D eigenvalue weighted by molar-refractivity contribution is 0.407. The summed E-state index contributed by atoms with van der Waals surface area (Å²) in [6.45, 7) is 4.92. The van der Waals surface area contributed by atoms with Gasteiger partial charge in [0.15, 0.2) is 0 Å². The fraction of sp³-hybridized carbons (Fsp3) is 0.300. The Hall–Kier alpha value is -2.24. The van der Waals surface area contributed by atoms with E-state index >= 15 is 0 Å². The molecular weight excluding hydrogens is 330 g/mol. The Morgan fingerprint density at radius 3 is 2.88 bits per heavy atom. The van der Waals surface area contributed by atoms with Crippen LogP contribution in [0, 0.1) is 13.8 Å². The molecule has 2 aromatic heterocycles. The minimum atomic E-state index is 0.598. The molecule has 0 atom stereocenters. The predicted octanol–water partition coefficient (Wildman–Crippen LogP) is 5.08. The van der Waals surface area contributed by atoms with Crippen molar-refractivity contribution in [1.29, 1.82) is 0 Å². The number of nitrogens with two attached hydrogens (primary N) is 1. The molecule has 0 amide bonds. The summed E-state index contributed by atoms with van der Waals surface area (Å²) >= 11 is 1.61. The summed E-state index contributed by atoms with van der Waals surface area (Å²) in [5.41, 5.74) is 10.4. The van der Waals surface area contributed by atoms with Crippen LogP contribution in [0.5, 0.6) is 0 Å². The topological polar surface area (TPSA) is 64.9 Å². The van der Waals surface area contributed by atoms with E-state index in [1.165, 1.54) is 16.7 Å². The van der Waals surface area contributed by atoms with Crippen molar-refractivity contribution in [2.24, 2.45) is 5.73 Å². The number of aryl methyl sites for hydroxylation is 2. The zero-order valence-electron chi connectivity index (χ0n) is 14.7. The monoisotopic (exact) mass is 353 g/mol. The molecule has 130 valence electrons. The van der Waals surface area contributed by atoms with Gasteiger partial charge in [-0.05, 0) is 68.3 Å². The molecule has 0 fully saturated rings. The first-order valence-electron chi connectivity index (χ1n) is 8.53. The van der Waals surface area contributed by atoms with Crippen molar-refractivity contribution in [3.63, 3.8) is 0 Å². The smallest absolute Gasteiger partial charge is 0.254 e. The maximum Gasteiger partial charge on any atom is 0.254 e. The molecule has 4 nitrogen and oxygen atoms in total. The summed E-state index contributed by atoms with van der Waals surface area (Å²) in [5.74, 6) is 1.25. The number of allylic oxidation sites excluding steroid dienone is 1. The average Bonchev–Trinajstić information content (AvgIpc) is 3.28. The Morgan fingerprint density at radius 2 is 2.12 bits per heavy atom. The van der Waals surface area contributed by atoms with E-state index < -0.39 is 0 Å². The molecule has 0 bridgehead atoms. The number of rotatable bonds is 7. The van der Waals surface area contributed by atoms with Gasteiger partial charge in [0.2, 0.25) is 5.82 Å². The van der Waals surface area contributed by atoms with Crippen LogP contribution in [0.25, 0.3) is 22.4 Å². The van der Waals surface area contributed by atoms with Gasteiger partial charge in [-0.1, -0.05) is 35.0 Å². The Morgan fingerprint density at radius 1 is 1.24 bits per heavy atom. The number of hydrogen-bond acceptors (Lipinski definition) is 5. The first-order chi connectivity index (χ1) is 12.2. The Balaban J connectivity index is 1.94. The second kappa shape index (κ2) is 8.23. The van der Waals surface area contributed by atoms with Gasteiger partial charge < -0.3 is 10.3 Å². The normalized spacial score (nSPS) is 11.9. The molecule has 2 heterocycles. The largest absolute Gasteiger partial charge is 0.334 e. The van der Waals surface area contributed by atoms with E-state index in [0.29, 0.717) is 18.3 Å². The van der Waals surface area contributed by atoms with Gasteiger partial charge >= 0.3 is 0 Å². The highest BCUT2D eigenvalue weighted by Gasteiger charge is 2.14. The van der Waals surface area contributed by atoms with Gasteiger partial charge in [-0.2, -0.15) is 4.98 Å². The molecule has 0 aliphatic heterocycles. The van der Waals surface area contributed by atoms with Crippen molar-refractivity contribution in [3.8, 4) is 10.7 Å². The van der Waals surface area contributed by atoms with Crippen molar-refractivity contribution < 1.29 is 4.52 Å². The molecule has 3 aromatic rings. The summed E-state index contributed by atoms with van der Waals surface area (Å²) in [6.07, 6.45) is 5.03. The lowest BCUT2D eigenvalue weighted by atomic mass is 10.0. The molecule has 0 spiro atoms. The first kappa shape index (κ1) is 17.6. The number of nitrogens with zero attached hydrogens (tertiary/aromatic N) is 2. The maximum absolute atomic E-state index is 5.65. The Kier molecular flexibility index (Phi) is 5.79. The van der Waals surface area contributed by atoms with Crippen LogP contribution in [0.15, 0.2) is 40.2 Å². The van der Waals surface area contributed by atoms with Crippen molar-refractivity contribution in [2.45, 2.75) is 33.1 Å². The van der Waals surface area contributed by atoms with E-state index in [1.807, 2.05) is 17.5 Å². The molecular formula is C20H23N3OS. The number of benzene rings is 1. The summed E-state index contributed by atoms with van der Waals surface area (Å²) in [6, 6.07) is 10.5. The first-order valence-corrected chi connectivity index (χ1v) is 9.41. The van der Waals surface area contributed by atoms with E-state index in [-0.39, 0.29) is 0 Å². The average molecular weight is 353 g/mol. The van der Waals surface area contributed by atoms with E-state index in [4.69, 9.17) is 10.3 Å². The van der Waals surface area contributed by atoms with Crippen molar-refractivity contribution >= 4 is 23.0 Å². The summed E-state index contributed by atoms with van der Waals surface area (Å²) in [5, 5.41) is 6.16. The molecule has 25 heavy (non-hydrogen) atoms. The highest BCUT2D eigenvalue weighted by Crippen LogP contribution is 2.28. The fourth-order valence-electron chi connectivity index (χ4n) is 2.66. The van der Waals surface area contributed by atoms with Crippen LogP contribution < -0.4 is 5.73 Å².